The van der Waals surface area contributed by atoms with Gasteiger partial charge in [0, 0.05) is 11.1 Å². The third-order valence-electron chi connectivity index (χ3n) is 4.35. The first kappa shape index (κ1) is 19.8. The van der Waals surface area contributed by atoms with E-state index in [2.05, 4.69) is 19.9 Å². The summed E-state index contributed by atoms with van der Waals surface area (Å²) in [7, 11) is -3.69. The topological polar surface area (TPSA) is 91.4 Å². The Bertz CT molecular complexity index is 870. The molecule has 146 valence electrons. The zero-order valence-electron chi connectivity index (χ0n) is 15.3. The van der Waals surface area contributed by atoms with Gasteiger partial charge >= 0.3 is 0 Å². The predicted molar refractivity (Wildman–Crippen MR) is 108 cm³/mol. The van der Waals surface area contributed by atoms with Crippen LogP contribution in [0.5, 0.6) is 0 Å². The Labute approximate surface area is 163 Å². The second kappa shape index (κ2) is 8.81. The lowest BCUT2D eigenvalue weighted by Crippen LogP contribution is -2.33. The van der Waals surface area contributed by atoms with Crippen LogP contribution in [-0.2, 0) is 14.8 Å². The number of nitrogens with zero attached hydrogens (tertiary/aromatic N) is 2. The number of sulfonamides is 1. The molecule has 0 radical (unpaired) electrons. The number of rotatable bonds is 6. The molecule has 2 heterocycles. The first-order valence-electron chi connectivity index (χ1n) is 9.00. The zero-order valence-corrected chi connectivity index (χ0v) is 16.9. The number of aromatic nitrogens is 1. The molecule has 1 aliphatic heterocycles. The number of aryl methyl sites for hydroxylation is 1. The maximum absolute atomic E-state index is 12.4. The zero-order chi connectivity index (χ0) is 19.3. The van der Waals surface area contributed by atoms with Crippen LogP contribution in [0.3, 0.4) is 0 Å². The lowest BCUT2D eigenvalue weighted by molar-refractivity contribution is -0.117. The maximum Gasteiger partial charge on any atom is 0.263 e. The summed E-state index contributed by atoms with van der Waals surface area (Å²) in [6.07, 6.45) is 4.71. The van der Waals surface area contributed by atoms with Crippen molar-refractivity contribution in [3.63, 3.8) is 0 Å². The van der Waals surface area contributed by atoms with E-state index in [4.69, 9.17) is 0 Å². The predicted octanol–water partition coefficient (Wildman–Crippen LogP) is 3.07. The molecule has 27 heavy (non-hydrogen) atoms. The van der Waals surface area contributed by atoms with Crippen LogP contribution in [0.2, 0.25) is 0 Å². The molecular formula is C18H24N4O3S2. The highest BCUT2D eigenvalue weighted by Crippen LogP contribution is 2.21. The van der Waals surface area contributed by atoms with Crippen LogP contribution in [-0.4, -0.2) is 43.8 Å². The molecule has 0 atom stereocenters. The Morgan fingerprint density at radius 1 is 1.15 bits per heavy atom. The molecule has 1 amide bonds. The SMILES string of the molecule is Cc1csc(NS(=O)(=O)c2ccc(NC(=O)CN3CCCCCC3)cc2)n1. The first-order valence-corrected chi connectivity index (χ1v) is 11.4. The van der Waals surface area contributed by atoms with E-state index in [1.165, 1.54) is 36.3 Å². The van der Waals surface area contributed by atoms with Gasteiger partial charge in [-0.2, -0.15) is 0 Å². The molecule has 2 N–H and O–H groups in total. The van der Waals surface area contributed by atoms with Crippen LogP contribution in [0.1, 0.15) is 31.4 Å². The third kappa shape index (κ3) is 5.75. The van der Waals surface area contributed by atoms with E-state index in [0.29, 0.717) is 17.4 Å². The Balaban J connectivity index is 1.58. The largest absolute Gasteiger partial charge is 0.325 e. The Kier molecular flexibility index (Phi) is 6.46. The molecule has 0 aliphatic carbocycles. The monoisotopic (exact) mass is 408 g/mol. The summed E-state index contributed by atoms with van der Waals surface area (Å²) in [6, 6.07) is 6.15. The molecular weight excluding hydrogens is 384 g/mol. The number of hydrogen-bond donors (Lipinski definition) is 2. The molecule has 1 aromatic carbocycles. The highest BCUT2D eigenvalue weighted by Gasteiger charge is 2.17. The van der Waals surface area contributed by atoms with Crippen LogP contribution < -0.4 is 10.0 Å². The van der Waals surface area contributed by atoms with Gasteiger partial charge in [0.15, 0.2) is 5.13 Å². The third-order valence-corrected chi connectivity index (χ3v) is 6.71. The van der Waals surface area contributed by atoms with Crippen molar-refractivity contribution in [1.82, 2.24) is 9.88 Å². The molecule has 1 fully saturated rings. The first-order chi connectivity index (χ1) is 12.9. The lowest BCUT2D eigenvalue weighted by Gasteiger charge is -2.19. The van der Waals surface area contributed by atoms with Crippen LogP contribution in [0.25, 0.3) is 0 Å². The van der Waals surface area contributed by atoms with Crippen molar-refractivity contribution in [3.8, 4) is 0 Å². The number of benzene rings is 1. The number of hydrogen-bond acceptors (Lipinski definition) is 6. The van der Waals surface area contributed by atoms with E-state index >= 15 is 0 Å². The quantitative estimate of drug-likeness (QED) is 0.766. The van der Waals surface area contributed by atoms with Crippen molar-refractivity contribution in [1.29, 1.82) is 0 Å². The Morgan fingerprint density at radius 2 is 1.81 bits per heavy atom. The average molecular weight is 409 g/mol. The number of carbonyl (C=O) groups excluding carboxylic acids is 1. The Hall–Kier alpha value is -1.97. The molecule has 1 saturated heterocycles. The van der Waals surface area contributed by atoms with Gasteiger partial charge in [-0.1, -0.05) is 12.8 Å². The van der Waals surface area contributed by atoms with Crippen molar-refractivity contribution >= 4 is 38.1 Å². The summed E-state index contributed by atoms with van der Waals surface area (Å²) >= 11 is 1.24. The molecule has 9 heteroatoms. The number of likely N-dealkylation sites (tertiary alicyclic amines) is 1. The standard InChI is InChI=1S/C18H24N4O3S2/c1-14-13-26-18(19-14)21-27(24,25)16-8-6-15(7-9-16)20-17(23)12-22-10-4-2-3-5-11-22/h6-9,13H,2-5,10-12H2,1H3,(H,19,21)(H,20,23). The normalized spacial score (nSPS) is 15.9. The maximum atomic E-state index is 12.4. The van der Waals surface area contributed by atoms with Crippen molar-refractivity contribution < 1.29 is 13.2 Å². The molecule has 0 spiro atoms. The minimum atomic E-state index is -3.69. The van der Waals surface area contributed by atoms with E-state index in [-0.39, 0.29) is 10.8 Å². The van der Waals surface area contributed by atoms with Gasteiger partial charge in [-0.15, -0.1) is 11.3 Å². The second-order valence-corrected chi connectivity index (χ2v) is 9.20. The van der Waals surface area contributed by atoms with E-state index in [1.54, 1.807) is 24.4 Å². The smallest absolute Gasteiger partial charge is 0.263 e. The summed E-state index contributed by atoms with van der Waals surface area (Å²) in [4.78, 5) is 18.6. The summed E-state index contributed by atoms with van der Waals surface area (Å²) < 4.78 is 27.3. The van der Waals surface area contributed by atoms with Crippen molar-refractivity contribution in [3.05, 3.63) is 35.3 Å². The number of amides is 1. The van der Waals surface area contributed by atoms with Gasteiger partial charge < -0.3 is 5.32 Å². The fourth-order valence-corrected chi connectivity index (χ4v) is 4.93. The highest BCUT2D eigenvalue weighted by atomic mass is 32.2. The lowest BCUT2D eigenvalue weighted by atomic mass is 10.2. The number of nitrogens with one attached hydrogen (secondary N) is 2. The summed E-state index contributed by atoms with van der Waals surface area (Å²) in [5.74, 6) is -0.0797. The molecule has 0 bridgehead atoms. The number of thiazole rings is 1. The fraction of sp³-hybridized carbons (Fsp3) is 0.444. The highest BCUT2D eigenvalue weighted by molar-refractivity contribution is 7.93. The van der Waals surface area contributed by atoms with Gasteiger partial charge in [-0.3, -0.25) is 14.4 Å². The summed E-state index contributed by atoms with van der Waals surface area (Å²) in [5.41, 5.74) is 1.35. The molecule has 2 aromatic rings. The van der Waals surface area contributed by atoms with Crippen LogP contribution in [0, 0.1) is 6.92 Å². The molecule has 1 aliphatic rings. The van der Waals surface area contributed by atoms with Crippen LogP contribution in [0.4, 0.5) is 10.8 Å². The minimum Gasteiger partial charge on any atom is -0.325 e. The minimum absolute atomic E-state index is 0.0797. The van der Waals surface area contributed by atoms with E-state index in [0.717, 1.165) is 31.6 Å². The number of carbonyl (C=O) groups is 1. The van der Waals surface area contributed by atoms with Gasteiger partial charge in [-0.25, -0.2) is 13.4 Å². The van der Waals surface area contributed by atoms with E-state index in [9.17, 15) is 13.2 Å². The summed E-state index contributed by atoms with van der Waals surface area (Å²) in [6.45, 7) is 4.07. The van der Waals surface area contributed by atoms with Crippen LogP contribution in [0.15, 0.2) is 34.5 Å². The molecule has 1 aromatic heterocycles. The number of anilines is 2. The van der Waals surface area contributed by atoms with Gasteiger partial charge in [0.05, 0.1) is 17.1 Å². The molecule has 3 rings (SSSR count). The Morgan fingerprint density at radius 3 is 2.41 bits per heavy atom. The van der Waals surface area contributed by atoms with Crippen molar-refractivity contribution in [2.75, 3.05) is 29.7 Å². The average Bonchev–Trinajstić information content (AvgIpc) is 2.86. The van der Waals surface area contributed by atoms with E-state index in [1.807, 2.05) is 0 Å². The fourth-order valence-electron chi connectivity index (χ4n) is 2.99. The van der Waals surface area contributed by atoms with E-state index < -0.39 is 10.0 Å². The van der Waals surface area contributed by atoms with Crippen LogP contribution >= 0.6 is 11.3 Å². The van der Waals surface area contributed by atoms with Crippen molar-refractivity contribution in [2.24, 2.45) is 0 Å². The molecule has 7 nitrogen and oxygen atoms in total. The van der Waals surface area contributed by atoms with Gasteiger partial charge in [0.25, 0.3) is 10.0 Å². The van der Waals surface area contributed by atoms with Gasteiger partial charge in [-0.05, 0) is 57.1 Å². The van der Waals surface area contributed by atoms with Gasteiger partial charge in [0.1, 0.15) is 0 Å². The molecule has 0 unspecified atom stereocenters. The van der Waals surface area contributed by atoms with Crippen molar-refractivity contribution in [2.45, 2.75) is 37.5 Å². The second-order valence-electron chi connectivity index (χ2n) is 6.66. The molecule has 0 saturated carbocycles. The summed E-state index contributed by atoms with van der Waals surface area (Å²) in [5, 5.41) is 4.95. The van der Waals surface area contributed by atoms with Gasteiger partial charge in [0.2, 0.25) is 5.91 Å².